The number of aryl methyl sites for hydroxylation is 1. The summed E-state index contributed by atoms with van der Waals surface area (Å²) in [5.41, 5.74) is 1.66. The van der Waals surface area contributed by atoms with E-state index in [2.05, 4.69) is 10.3 Å². The fraction of sp³-hybridized carbons (Fsp3) is 0.273. The Kier molecular flexibility index (Phi) is 3.05. The summed E-state index contributed by atoms with van der Waals surface area (Å²) in [4.78, 5) is 0. The van der Waals surface area contributed by atoms with E-state index in [1.165, 1.54) is 6.26 Å². The van der Waals surface area contributed by atoms with Crippen molar-refractivity contribution in [2.45, 2.75) is 13.3 Å². The minimum atomic E-state index is 0.575. The van der Waals surface area contributed by atoms with Gasteiger partial charge < -0.3 is 13.8 Å². The summed E-state index contributed by atoms with van der Waals surface area (Å²) >= 11 is 0. The Morgan fingerprint density at radius 2 is 2.19 bits per heavy atom. The Morgan fingerprint density at radius 1 is 1.31 bits per heavy atom. The van der Waals surface area contributed by atoms with E-state index in [0.717, 1.165) is 17.1 Å². The zero-order chi connectivity index (χ0) is 11.4. The van der Waals surface area contributed by atoms with Gasteiger partial charge in [-0.05, 0) is 6.92 Å². The van der Waals surface area contributed by atoms with Crippen molar-refractivity contribution in [1.82, 2.24) is 10.3 Å². The summed E-state index contributed by atoms with van der Waals surface area (Å²) in [6, 6.07) is 3.70. The van der Waals surface area contributed by atoms with E-state index < -0.39 is 0 Å². The predicted molar refractivity (Wildman–Crippen MR) is 56.6 cm³/mol. The first kappa shape index (κ1) is 10.5. The van der Waals surface area contributed by atoms with Gasteiger partial charge in [0.05, 0.1) is 31.2 Å². The van der Waals surface area contributed by atoms with Crippen LogP contribution in [0.2, 0.25) is 0 Å². The molecule has 0 aliphatic heterocycles. The largest absolute Gasteiger partial charge is 0.504 e. The molecule has 0 aliphatic carbocycles. The molecule has 0 spiro atoms. The number of rotatable bonds is 4. The number of aromatic nitrogens is 2. The van der Waals surface area contributed by atoms with Crippen LogP contribution in [0.5, 0.6) is 0 Å². The van der Waals surface area contributed by atoms with E-state index in [0.29, 0.717) is 12.2 Å². The number of methoxy groups -OCH3 is 1. The van der Waals surface area contributed by atoms with Gasteiger partial charge >= 0.3 is 0 Å². The first-order chi connectivity index (χ1) is 7.78. The molecule has 0 aromatic carbocycles. The standard InChI is InChI=1S/C11H12N2O3/c1-8-5-11(16-12-8)7-9-6-10(15-13-9)3-4-14-2/h3-6H,7H2,1-2H3/b4-3+. The SMILES string of the molecule is CO/C=C/c1cc(Cc2cc(C)no2)no1. The highest BCUT2D eigenvalue weighted by molar-refractivity contribution is 5.41. The molecule has 0 radical (unpaired) electrons. The molecule has 0 atom stereocenters. The maximum Gasteiger partial charge on any atom is 0.162 e. The molecule has 2 aromatic rings. The normalized spacial score (nSPS) is 11.1. The van der Waals surface area contributed by atoms with Crippen LogP contribution in [-0.4, -0.2) is 17.4 Å². The lowest BCUT2D eigenvalue weighted by Gasteiger charge is -1.86. The Labute approximate surface area is 92.7 Å². The average molecular weight is 220 g/mol. The van der Waals surface area contributed by atoms with Crippen LogP contribution in [-0.2, 0) is 11.2 Å². The number of hydrogen-bond donors (Lipinski definition) is 0. The fourth-order valence-corrected chi connectivity index (χ4v) is 1.30. The van der Waals surface area contributed by atoms with Crippen LogP contribution in [0.3, 0.4) is 0 Å². The monoisotopic (exact) mass is 220 g/mol. The molecule has 2 heterocycles. The van der Waals surface area contributed by atoms with Crippen molar-refractivity contribution in [3.63, 3.8) is 0 Å². The lowest BCUT2D eigenvalue weighted by atomic mass is 10.2. The van der Waals surface area contributed by atoms with Gasteiger partial charge in [0.2, 0.25) is 0 Å². The van der Waals surface area contributed by atoms with Gasteiger partial charge in [-0.25, -0.2) is 0 Å². The van der Waals surface area contributed by atoms with E-state index >= 15 is 0 Å². The third-order valence-electron chi connectivity index (χ3n) is 1.98. The lowest BCUT2D eigenvalue weighted by Crippen LogP contribution is -1.84. The number of ether oxygens (including phenoxy) is 1. The maximum absolute atomic E-state index is 5.08. The first-order valence-electron chi connectivity index (χ1n) is 4.85. The zero-order valence-corrected chi connectivity index (χ0v) is 9.14. The smallest absolute Gasteiger partial charge is 0.162 e. The van der Waals surface area contributed by atoms with Crippen molar-refractivity contribution < 1.29 is 13.8 Å². The van der Waals surface area contributed by atoms with Crippen LogP contribution < -0.4 is 0 Å². The molecule has 2 rings (SSSR count). The molecule has 16 heavy (non-hydrogen) atoms. The lowest BCUT2D eigenvalue weighted by molar-refractivity contribution is 0.339. The Bertz CT molecular complexity index is 485. The average Bonchev–Trinajstić information content (AvgIpc) is 2.86. The van der Waals surface area contributed by atoms with Gasteiger partial charge in [0.25, 0.3) is 0 Å². The molecular weight excluding hydrogens is 208 g/mol. The molecule has 5 heteroatoms. The van der Waals surface area contributed by atoms with E-state index in [9.17, 15) is 0 Å². The van der Waals surface area contributed by atoms with E-state index in [-0.39, 0.29) is 0 Å². The number of nitrogens with zero attached hydrogens (tertiary/aromatic N) is 2. The zero-order valence-electron chi connectivity index (χ0n) is 9.14. The molecule has 84 valence electrons. The molecule has 0 aliphatic rings. The second kappa shape index (κ2) is 4.65. The predicted octanol–water partition coefficient (Wildman–Crippen LogP) is 2.18. The molecule has 5 nitrogen and oxygen atoms in total. The fourth-order valence-electron chi connectivity index (χ4n) is 1.30. The minimum absolute atomic E-state index is 0.575. The van der Waals surface area contributed by atoms with Crippen LogP contribution in [0, 0.1) is 6.92 Å². The van der Waals surface area contributed by atoms with Crippen molar-refractivity contribution in [2.75, 3.05) is 7.11 Å². The maximum atomic E-state index is 5.08. The highest BCUT2D eigenvalue weighted by Crippen LogP contribution is 2.12. The van der Waals surface area contributed by atoms with Crippen molar-refractivity contribution in [3.05, 3.63) is 41.3 Å². The Morgan fingerprint density at radius 3 is 2.88 bits per heavy atom. The van der Waals surface area contributed by atoms with Crippen molar-refractivity contribution in [2.24, 2.45) is 0 Å². The summed E-state index contributed by atoms with van der Waals surface area (Å²) in [6.45, 7) is 1.88. The topological polar surface area (TPSA) is 61.3 Å². The number of hydrogen-bond acceptors (Lipinski definition) is 5. The van der Waals surface area contributed by atoms with Crippen LogP contribution in [0.25, 0.3) is 6.08 Å². The molecule has 0 saturated heterocycles. The van der Waals surface area contributed by atoms with Crippen molar-refractivity contribution >= 4 is 6.08 Å². The molecule has 0 bridgehead atoms. The van der Waals surface area contributed by atoms with Gasteiger partial charge in [0.1, 0.15) is 5.76 Å². The molecule has 0 unspecified atom stereocenters. The molecule has 2 aromatic heterocycles. The summed E-state index contributed by atoms with van der Waals surface area (Å²) in [5, 5.41) is 7.71. The van der Waals surface area contributed by atoms with Gasteiger partial charge in [-0.1, -0.05) is 10.3 Å². The first-order valence-corrected chi connectivity index (χ1v) is 4.85. The summed E-state index contributed by atoms with van der Waals surface area (Å²) in [7, 11) is 1.57. The van der Waals surface area contributed by atoms with Crippen LogP contribution in [0.1, 0.15) is 22.9 Å². The van der Waals surface area contributed by atoms with E-state index in [1.54, 1.807) is 13.2 Å². The molecule has 0 N–H and O–H groups in total. The highest BCUT2D eigenvalue weighted by Gasteiger charge is 2.06. The van der Waals surface area contributed by atoms with Crippen LogP contribution in [0.15, 0.2) is 27.4 Å². The second-order valence-electron chi connectivity index (χ2n) is 3.37. The van der Waals surface area contributed by atoms with Gasteiger partial charge in [0.15, 0.2) is 5.76 Å². The Hall–Kier alpha value is -2.04. The van der Waals surface area contributed by atoms with Crippen molar-refractivity contribution in [3.8, 4) is 0 Å². The van der Waals surface area contributed by atoms with Gasteiger partial charge in [0, 0.05) is 18.2 Å². The third-order valence-corrected chi connectivity index (χ3v) is 1.98. The second-order valence-corrected chi connectivity index (χ2v) is 3.37. The highest BCUT2D eigenvalue weighted by atomic mass is 16.5. The molecule has 0 fully saturated rings. The quantitative estimate of drug-likeness (QED) is 0.739. The summed E-state index contributed by atoms with van der Waals surface area (Å²) < 4.78 is 14.9. The van der Waals surface area contributed by atoms with Crippen LogP contribution >= 0.6 is 0 Å². The van der Waals surface area contributed by atoms with Crippen molar-refractivity contribution in [1.29, 1.82) is 0 Å². The van der Waals surface area contributed by atoms with Gasteiger partial charge in [-0.15, -0.1) is 0 Å². The molecular formula is C11H12N2O3. The van der Waals surface area contributed by atoms with E-state index in [4.69, 9.17) is 13.8 Å². The summed E-state index contributed by atoms with van der Waals surface area (Å²) in [6.07, 6.45) is 3.80. The van der Waals surface area contributed by atoms with Gasteiger partial charge in [-0.3, -0.25) is 0 Å². The van der Waals surface area contributed by atoms with Crippen LogP contribution in [0.4, 0.5) is 0 Å². The molecule has 0 saturated carbocycles. The third kappa shape index (κ3) is 2.50. The summed E-state index contributed by atoms with van der Waals surface area (Å²) in [5.74, 6) is 1.42. The molecule has 0 amide bonds. The van der Waals surface area contributed by atoms with Gasteiger partial charge in [-0.2, -0.15) is 0 Å². The Balaban J connectivity index is 2.05. The minimum Gasteiger partial charge on any atom is -0.504 e. The van der Waals surface area contributed by atoms with E-state index in [1.807, 2.05) is 19.1 Å².